The lowest BCUT2D eigenvalue weighted by atomic mass is 10.2. The van der Waals surface area contributed by atoms with Gasteiger partial charge in [0.25, 0.3) is 5.91 Å². The van der Waals surface area contributed by atoms with Crippen LogP contribution in [-0.2, 0) is 20.6 Å². The third-order valence-electron chi connectivity index (χ3n) is 4.45. The van der Waals surface area contributed by atoms with Gasteiger partial charge in [0.05, 0.1) is 31.9 Å². The van der Waals surface area contributed by atoms with Crippen molar-refractivity contribution in [3.8, 4) is 0 Å². The molecule has 24 heavy (non-hydrogen) atoms. The maximum Gasteiger partial charge on any atom is 0.275 e. The van der Waals surface area contributed by atoms with Crippen LogP contribution < -0.4 is 10.2 Å². The highest BCUT2D eigenvalue weighted by molar-refractivity contribution is 7.88. The van der Waals surface area contributed by atoms with E-state index in [0.29, 0.717) is 32.7 Å². The molecule has 134 valence electrons. The van der Waals surface area contributed by atoms with Crippen molar-refractivity contribution in [2.75, 3.05) is 32.7 Å². The second-order valence-electron chi connectivity index (χ2n) is 6.44. The molecule has 1 aliphatic rings. The molecule has 1 aliphatic heterocycles. The molecule has 1 aromatic rings. The average molecular weight is 354 g/mol. The van der Waals surface area contributed by atoms with Crippen LogP contribution in [0.2, 0.25) is 0 Å². The number of carbonyl (C=O) groups excluding carboxylic acids is 1. The van der Waals surface area contributed by atoms with Gasteiger partial charge in [-0.05, 0) is 18.9 Å². The molecule has 2 N–H and O–H groups in total. The molecule has 0 spiro atoms. The van der Waals surface area contributed by atoms with Crippen LogP contribution in [0, 0.1) is 0 Å². The number of rotatable bonds is 7. The molecule has 1 heterocycles. The van der Waals surface area contributed by atoms with Crippen LogP contribution in [0.25, 0.3) is 0 Å². The first-order valence-corrected chi connectivity index (χ1v) is 10.2. The number of amides is 1. The van der Waals surface area contributed by atoms with E-state index in [1.165, 1.54) is 0 Å². The number of nitrogens with zero attached hydrogens (tertiary/aromatic N) is 1. The summed E-state index contributed by atoms with van der Waals surface area (Å²) < 4.78 is 26.6. The summed E-state index contributed by atoms with van der Waals surface area (Å²) in [5, 5.41) is 2.96. The van der Waals surface area contributed by atoms with Gasteiger partial charge in [-0.2, -0.15) is 4.31 Å². The van der Waals surface area contributed by atoms with Gasteiger partial charge in [-0.1, -0.05) is 37.3 Å². The Balaban J connectivity index is 1.82. The molecule has 0 saturated carbocycles. The summed E-state index contributed by atoms with van der Waals surface area (Å²) in [6.45, 7) is 6.72. The smallest absolute Gasteiger partial charge is 0.275 e. The molecule has 1 aromatic carbocycles. The summed E-state index contributed by atoms with van der Waals surface area (Å²) in [7, 11) is -3.29. The highest BCUT2D eigenvalue weighted by atomic mass is 32.2. The van der Waals surface area contributed by atoms with E-state index in [2.05, 4.69) is 5.32 Å². The van der Waals surface area contributed by atoms with E-state index in [1.54, 1.807) is 4.31 Å². The summed E-state index contributed by atoms with van der Waals surface area (Å²) in [6, 6.07) is 9.43. The van der Waals surface area contributed by atoms with Gasteiger partial charge >= 0.3 is 0 Å². The molecule has 1 fully saturated rings. The highest BCUT2D eigenvalue weighted by Crippen LogP contribution is 2.10. The van der Waals surface area contributed by atoms with E-state index in [1.807, 2.05) is 44.2 Å². The monoisotopic (exact) mass is 354 g/mol. The lowest BCUT2D eigenvalue weighted by molar-refractivity contribution is -0.895. The Labute approximate surface area is 144 Å². The summed E-state index contributed by atoms with van der Waals surface area (Å²) in [5.41, 5.74) is 0.806. The summed E-state index contributed by atoms with van der Waals surface area (Å²) >= 11 is 0. The minimum Gasteiger partial charge on any atom is -0.349 e. The van der Waals surface area contributed by atoms with E-state index in [9.17, 15) is 13.2 Å². The number of hydrogen-bond donors (Lipinski definition) is 2. The second-order valence-corrected chi connectivity index (χ2v) is 8.41. The lowest BCUT2D eigenvalue weighted by Crippen LogP contribution is -3.15. The summed E-state index contributed by atoms with van der Waals surface area (Å²) in [6.07, 6.45) is 0.909. The number of piperazine rings is 1. The van der Waals surface area contributed by atoms with Crippen molar-refractivity contribution in [1.82, 2.24) is 9.62 Å². The number of quaternary nitrogens is 1. The summed E-state index contributed by atoms with van der Waals surface area (Å²) in [4.78, 5) is 13.1. The first-order chi connectivity index (χ1) is 11.4. The van der Waals surface area contributed by atoms with Gasteiger partial charge in [-0.3, -0.25) is 4.79 Å². The molecule has 0 radical (unpaired) electrons. The van der Waals surface area contributed by atoms with Gasteiger partial charge in [0, 0.05) is 6.04 Å². The second kappa shape index (κ2) is 8.60. The molecule has 0 aromatic heterocycles. The normalized spacial score (nSPS) is 18.2. The van der Waals surface area contributed by atoms with Gasteiger partial charge in [0.15, 0.2) is 6.54 Å². The molecule has 0 aliphatic carbocycles. The highest BCUT2D eigenvalue weighted by Gasteiger charge is 2.30. The van der Waals surface area contributed by atoms with Crippen molar-refractivity contribution >= 4 is 15.9 Å². The Kier molecular flexibility index (Phi) is 6.77. The first kappa shape index (κ1) is 18.9. The van der Waals surface area contributed by atoms with Crippen LogP contribution >= 0.6 is 0 Å². The molecule has 1 atom stereocenters. The van der Waals surface area contributed by atoms with Crippen LogP contribution in [0.1, 0.15) is 25.8 Å². The van der Waals surface area contributed by atoms with Gasteiger partial charge in [-0.25, -0.2) is 8.42 Å². The van der Waals surface area contributed by atoms with Crippen molar-refractivity contribution in [3.63, 3.8) is 0 Å². The van der Waals surface area contributed by atoms with Crippen LogP contribution in [0.15, 0.2) is 30.3 Å². The Morgan fingerprint density at radius 2 is 1.88 bits per heavy atom. The van der Waals surface area contributed by atoms with E-state index < -0.39 is 10.0 Å². The topological polar surface area (TPSA) is 70.9 Å². The molecule has 0 unspecified atom stereocenters. The van der Waals surface area contributed by atoms with Crippen LogP contribution in [0.3, 0.4) is 0 Å². The predicted molar refractivity (Wildman–Crippen MR) is 94.1 cm³/mol. The zero-order valence-corrected chi connectivity index (χ0v) is 15.3. The van der Waals surface area contributed by atoms with Crippen molar-refractivity contribution in [1.29, 1.82) is 0 Å². The van der Waals surface area contributed by atoms with Crippen molar-refractivity contribution in [3.05, 3.63) is 35.9 Å². The molecule has 1 amide bonds. The minimum absolute atomic E-state index is 0.0394. The molecular formula is C17H28N3O3S+. The number of benzene rings is 1. The molecule has 6 nitrogen and oxygen atoms in total. The molecule has 2 rings (SSSR count). The van der Waals surface area contributed by atoms with Gasteiger partial charge in [0.2, 0.25) is 10.0 Å². The predicted octanol–water partition coefficient (Wildman–Crippen LogP) is -0.368. The van der Waals surface area contributed by atoms with Gasteiger partial charge in [-0.15, -0.1) is 0 Å². The third kappa shape index (κ3) is 5.58. The number of sulfonamides is 1. The zero-order valence-electron chi connectivity index (χ0n) is 14.5. The number of nitrogens with one attached hydrogen (secondary N) is 2. The largest absolute Gasteiger partial charge is 0.349 e. The fraction of sp³-hybridized carbons (Fsp3) is 0.588. The van der Waals surface area contributed by atoms with E-state index in [0.717, 1.165) is 16.9 Å². The van der Waals surface area contributed by atoms with E-state index in [4.69, 9.17) is 0 Å². The first-order valence-electron chi connectivity index (χ1n) is 8.55. The number of carbonyl (C=O) groups is 1. The van der Waals surface area contributed by atoms with E-state index in [-0.39, 0.29) is 17.7 Å². The maximum absolute atomic E-state index is 12.5. The third-order valence-corrected chi connectivity index (χ3v) is 6.30. The zero-order chi connectivity index (χ0) is 17.6. The standard InChI is InChI=1S/C17H27N3O3S/c1-3-15(2)18-17(21)13-19-9-11-20(12-10-19)24(22,23)14-16-7-5-4-6-8-16/h4-8,15H,3,9-14H2,1-2H3,(H,18,21)/p+1/t15-/m0/s1. The SMILES string of the molecule is CC[C@H](C)NC(=O)C[NH+]1CCN(S(=O)(=O)Cc2ccccc2)CC1. The van der Waals surface area contributed by atoms with Gasteiger partial charge in [0.1, 0.15) is 0 Å². The van der Waals surface area contributed by atoms with Crippen LogP contribution in [-0.4, -0.2) is 57.4 Å². The Morgan fingerprint density at radius 1 is 1.25 bits per heavy atom. The molecule has 0 bridgehead atoms. The Bertz CT molecular complexity index is 626. The lowest BCUT2D eigenvalue weighted by Gasteiger charge is -2.31. The van der Waals surface area contributed by atoms with Crippen LogP contribution in [0.4, 0.5) is 0 Å². The Morgan fingerprint density at radius 3 is 2.46 bits per heavy atom. The maximum atomic E-state index is 12.5. The number of hydrogen-bond acceptors (Lipinski definition) is 3. The average Bonchev–Trinajstić information content (AvgIpc) is 2.55. The van der Waals surface area contributed by atoms with E-state index >= 15 is 0 Å². The fourth-order valence-electron chi connectivity index (χ4n) is 2.79. The van der Waals surface area contributed by atoms with Gasteiger partial charge < -0.3 is 10.2 Å². The fourth-order valence-corrected chi connectivity index (χ4v) is 4.32. The minimum atomic E-state index is -3.29. The van der Waals surface area contributed by atoms with Crippen molar-refractivity contribution < 1.29 is 18.1 Å². The summed E-state index contributed by atoms with van der Waals surface area (Å²) in [5.74, 6) is 0.0810. The van der Waals surface area contributed by atoms with Crippen molar-refractivity contribution in [2.45, 2.75) is 32.1 Å². The molecule has 1 saturated heterocycles. The van der Waals surface area contributed by atoms with Crippen LogP contribution in [0.5, 0.6) is 0 Å². The molecule has 7 heteroatoms. The molecular weight excluding hydrogens is 326 g/mol. The Hall–Kier alpha value is -1.44. The van der Waals surface area contributed by atoms with Crippen molar-refractivity contribution in [2.24, 2.45) is 0 Å². The quantitative estimate of drug-likeness (QED) is 0.702.